The van der Waals surface area contributed by atoms with Gasteiger partial charge in [0.05, 0.1) is 6.54 Å². The number of likely N-dealkylation sites (N-methyl/N-ethyl adjacent to an activating group) is 1. The van der Waals surface area contributed by atoms with Crippen LogP contribution in [0.25, 0.3) is 10.8 Å². The summed E-state index contributed by atoms with van der Waals surface area (Å²) >= 11 is 0. The van der Waals surface area contributed by atoms with Crippen LogP contribution in [0.5, 0.6) is 0 Å². The molecule has 0 saturated heterocycles. The van der Waals surface area contributed by atoms with Gasteiger partial charge in [0.2, 0.25) is 0 Å². The van der Waals surface area contributed by atoms with E-state index in [0.717, 1.165) is 13.1 Å². The molecule has 0 aliphatic carbocycles. The van der Waals surface area contributed by atoms with E-state index in [4.69, 9.17) is 0 Å². The second-order valence-electron chi connectivity index (χ2n) is 5.82. The van der Waals surface area contributed by atoms with Crippen LogP contribution in [-0.2, 0) is 11.3 Å². The molecule has 0 aromatic heterocycles. The molecule has 0 bridgehead atoms. The standard InChI is InChI=1S/C18H24N2O/c1-4-20(13-18(21)19-14(2)3)12-16-10-7-9-15-8-5-6-11-17(15)16/h5-11,14H,4,12-13H2,1-3H3,(H,19,21)/p+1. The molecule has 2 aromatic carbocycles. The van der Waals surface area contributed by atoms with E-state index in [9.17, 15) is 4.79 Å². The van der Waals surface area contributed by atoms with Gasteiger partial charge in [0.1, 0.15) is 6.54 Å². The molecule has 1 atom stereocenters. The van der Waals surface area contributed by atoms with Crippen molar-refractivity contribution >= 4 is 16.7 Å². The number of nitrogens with one attached hydrogen (secondary N) is 2. The minimum atomic E-state index is 0.127. The molecule has 1 unspecified atom stereocenters. The number of carbonyl (C=O) groups excluding carboxylic acids is 1. The molecule has 0 aliphatic rings. The molecule has 0 saturated carbocycles. The second-order valence-corrected chi connectivity index (χ2v) is 5.82. The smallest absolute Gasteiger partial charge is 0.275 e. The lowest BCUT2D eigenvalue weighted by molar-refractivity contribution is -0.904. The van der Waals surface area contributed by atoms with Gasteiger partial charge < -0.3 is 10.2 Å². The minimum absolute atomic E-state index is 0.127. The second kappa shape index (κ2) is 7.23. The highest BCUT2D eigenvalue weighted by molar-refractivity contribution is 5.85. The third-order valence-corrected chi connectivity index (χ3v) is 3.68. The first-order valence-electron chi connectivity index (χ1n) is 7.69. The van der Waals surface area contributed by atoms with Crippen molar-refractivity contribution < 1.29 is 9.69 Å². The number of benzene rings is 2. The number of quaternary nitrogens is 1. The van der Waals surface area contributed by atoms with Crippen molar-refractivity contribution in [3.05, 3.63) is 48.0 Å². The predicted octanol–water partition coefficient (Wildman–Crippen LogP) is 1.77. The summed E-state index contributed by atoms with van der Waals surface area (Å²) in [4.78, 5) is 13.2. The Hall–Kier alpha value is -1.87. The van der Waals surface area contributed by atoms with Gasteiger partial charge in [-0.2, -0.15) is 0 Å². The van der Waals surface area contributed by atoms with Crippen molar-refractivity contribution in [3.8, 4) is 0 Å². The lowest BCUT2D eigenvalue weighted by Gasteiger charge is -2.19. The number of carbonyl (C=O) groups is 1. The topological polar surface area (TPSA) is 33.5 Å². The Labute approximate surface area is 127 Å². The maximum atomic E-state index is 11.9. The maximum absolute atomic E-state index is 11.9. The van der Waals surface area contributed by atoms with Crippen molar-refractivity contribution in [3.63, 3.8) is 0 Å². The normalized spacial score (nSPS) is 12.6. The molecular formula is C18H25N2O+. The predicted molar refractivity (Wildman–Crippen MR) is 87.3 cm³/mol. The van der Waals surface area contributed by atoms with Crippen molar-refractivity contribution in [1.82, 2.24) is 5.32 Å². The zero-order valence-corrected chi connectivity index (χ0v) is 13.1. The Kier molecular flexibility index (Phi) is 5.34. The Balaban J connectivity index is 2.12. The highest BCUT2D eigenvalue weighted by Gasteiger charge is 2.14. The molecule has 0 spiro atoms. The van der Waals surface area contributed by atoms with E-state index in [0.29, 0.717) is 6.54 Å². The van der Waals surface area contributed by atoms with Crippen molar-refractivity contribution in [2.45, 2.75) is 33.4 Å². The molecule has 3 nitrogen and oxygen atoms in total. The highest BCUT2D eigenvalue weighted by Crippen LogP contribution is 2.17. The molecular weight excluding hydrogens is 260 g/mol. The molecule has 3 heteroatoms. The van der Waals surface area contributed by atoms with Gasteiger partial charge in [-0.05, 0) is 31.5 Å². The summed E-state index contributed by atoms with van der Waals surface area (Å²) in [7, 11) is 0. The lowest BCUT2D eigenvalue weighted by atomic mass is 10.0. The van der Waals surface area contributed by atoms with Crippen molar-refractivity contribution in [1.29, 1.82) is 0 Å². The minimum Gasteiger partial charge on any atom is -0.349 e. The van der Waals surface area contributed by atoms with Gasteiger partial charge >= 0.3 is 0 Å². The Bertz CT molecular complexity index is 602. The van der Waals surface area contributed by atoms with Crippen LogP contribution < -0.4 is 10.2 Å². The fraction of sp³-hybridized carbons (Fsp3) is 0.389. The van der Waals surface area contributed by atoms with Crippen LogP contribution in [0.3, 0.4) is 0 Å². The van der Waals surface area contributed by atoms with Gasteiger partial charge in [-0.15, -0.1) is 0 Å². The fourth-order valence-corrected chi connectivity index (χ4v) is 2.63. The highest BCUT2D eigenvalue weighted by atomic mass is 16.2. The van der Waals surface area contributed by atoms with Crippen LogP contribution in [0, 0.1) is 0 Å². The van der Waals surface area contributed by atoms with Gasteiger partial charge in [-0.25, -0.2) is 0 Å². The van der Waals surface area contributed by atoms with Crippen LogP contribution in [0.2, 0.25) is 0 Å². The average Bonchev–Trinajstić information content (AvgIpc) is 2.46. The van der Waals surface area contributed by atoms with E-state index < -0.39 is 0 Å². The summed E-state index contributed by atoms with van der Waals surface area (Å²) in [5.74, 6) is 0.127. The summed E-state index contributed by atoms with van der Waals surface area (Å²) in [6.07, 6.45) is 0. The molecule has 0 aliphatic heterocycles. The van der Waals surface area contributed by atoms with Crippen LogP contribution in [-0.4, -0.2) is 25.0 Å². The maximum Gasteiger partial charge on any atom is 0.275 e. The molecule has 2 N–H and O–H groups in total. The van der Waals surface area contributed by atoms with E-state index in [1.54, 1.807) is 0 Å². The molecule has 112 valence electrons. The van der Waals surface area contributed by atoms with Crippen molar-refractivity contribution in [2.75, 3.05) is 13.1 Å². The zero-order chi connectivity index (χ0) is 15.2. The first kappa shape index (κ1) is 15.5. The SMILES string of the molecule is CC[NH+](CC(=O)NC(C)C)Cc1cccc2ccccc12. The van der Waals surface area contributed by atoms with Gasteiger partial charge in [-0.1, -0.05) is 42.5 Å². The molecule has 2 aromatic rings. The van der Waals surface area contributed by atoms with Crippen molar-refractivity contribution in [2.24, 2.45) is 0 Å². The first-order valence-corrected chi connectivity index (χ1v) is 7.69. The summed E-state index contributed by atoms with van der Waals surface area (Å²) in [5.41, 5.74) is 1.31. The van der Waals surface area contributed by atoms with E-state index >= 15 is 0 Å². The summed E-state index contributed by atoms with van der Waals surface area (Å²) in [6, 6.07) is 15.0. The molecule has 0 heterocycles. The molecule has 21 heavy (non-hydrogen) atoms. The van der Waals surface area contributed by atoms with E-state index in [2.05, 4.69) is 54.7 Å². The zero-order valence-electron chi connectivity index (χ0n) is 13.1. The Morgan fingerprint density at radius 2 is 1.86 bits per heavy atom. The Morgan fingerprint density at radius 3 is 2.57 bits per heavy atom. The first-order chi connectivity index (χ1) is 10.1. The number of fused-ring (bicyclic) bond motifs is 1. The molecule has 0 fully saturated rings. The summed E-state index contributed by atoms with van der Waals surface area (Å²) < 4.78 is 0. The van der Waals surface area contributed by atoms with E-state index in [1.807, 2.05) is 13.8 Å². The molecule has 2 rings (SSSR count). The third-order valence-electron chi connectivity index (χ3n) is 3.68. The van der Waals surface area contributed by atoms with Gasteiger partial charge in [-0.3, -0.25) is 4.79 Å². The fourth-order valence-electron chi connectivity index (χ4n) is 2.63. The van der Waals surface area contributed by atoms with Crippen LogP contribution in [0.15, 0.2) is 42.5 Å². The number of rotatable bonds is 6. The third kappa shape index (κ3) is 4.30. The summed E-state index contributed by atoms with van der Waals surface area (Å²) in [6.45, 7) is 8.46. The number of hydrogen-bond acceptors (Lipinski definition) is 1. The van der Waals surface area contributed by atoms with E-state index in [1.165, 1.54) is 21.2 Å². The molecule has 1 amide bonds. The van der Waals surface area contributed by atoms with Gasteiger partial charge in [0.25, 0.3) is 5.91 Å². The van der Waals surface area contributed by atoms with E-state index in [-0.39, 0.29) is 11.9 Å². The average molecular weight is 285 g/mol. The van der Waals surface area contributed by atoms with Crippen LogP contribution in [0.1, 0.15) is 26.3 Å². The quantitative estimate of drug-likeness (QED) is 0.833. The lowest BCUT2D eigenvalue weighted by Crippen LogP contribution is -3.11. The number of amides is 1. The monoisotopic (exact) mass is 285 g/mol. The Morgan fingerprint density at radius 1 is 1.14 bits per heavy atom. The van der Waals surface area contributed by atoms with Gasteiger partial charge in [0.15, 0.2) is 6.54 Å². The van der Waals surface area contributed by atoms with Crippen LogP contribution >= 0.6 is 0 Å². The molecule has 0 radical (unpaired) electrons. The van der Waals surface area contributed by atoms with Crippen LogP contribution in [0.4, 0.5) is 0 Å². The van der Waals surface area contributed by atoms with Gasteiger partial charge in [0, 0.05) is 11.6 Å². The number of hydrogen-bond donors (Lipinski definition) is 2. The largest absolute Gasteiger partial charge is 0.349 e. The summed E-state index contributed by atoms with van der Waals surface area (Å²) in [5, 5.41) is 5.52.